The third kappa shape index (κ3) is 3.34. The van der Waals surface area contributed by atoms with E-state index in [0.717, 1.165) is 11.7 Å². The van der Waals surface area contributed by atoms with Crippen molar-refractivity contribution in [2.45, 2.75) is 64.6 Å². The molecular formula is C17H33BrOSSi. The number of fused-ring (bicyclic) bond motifs is 2. The van der Waals surface area contributed by atoms with Gasteiger partial charge in [0.2, 0.25) is 0 Å². The summed E-state index contributed by atoms with van der Waals surface area (Å²) in [6, 6.07) is 0. The zero-order valence-electron chi connectivity index (χ0n) is 14.7. The van der Waals surface area contributed by atoms with E-state index in [1.54, 1.807) is 0 Å². The molecule has 2 rings (SSSR count). The molecule has 124 valence electrons. The van der Waals surface area contributed by atoms with Gasteiger partial charge in [-0.2, -0.15) is 0 Å². The highest BCUT2D eigenvalue weighted by Crippen LogP contribution is 2.66. The van der Waals surface area contributed by atoms with Gasteiger partial charge in [-0.15, -0.1) is 0 Å². The zero-order chi connectivity index (χ0) is 15.3. The Bertz CT molecular complexity index is 404. The van der Waals surface area contributed by atoms with Gasteiger partial charge in [0, 0.05) is 11.3 Å². The second-order valence-electron chi connectivity index (χ2n) is 8.82. The third-order valence-corrected chi connectivity index (χ3v) is 9.65. The highest BCUT2D eigenvalue weighted by atomic mass is 79.9. The van der Waals surface area contributed by atoms with Crippen LogP contribution in [-0.4, -0.2) is 36.5 Å². The standard InChI is InChI=1S/C17H33OSSi.BrH/c1-16(2)13-9-10-17(16,3)15(18)14(13)19(4)11-8-12-20(5,6)7;/h8,12-15,18H,9-11H2,1-7H3;1H/q+1;/p-1/b12-8+;/t13-,14-,15-,17+,19?;/m1./s1. The van der Waals surface area contributed by atoms with Gasteiger partial charge in [0.05, 0.1) is 14.3 Å². The summed E-state index contributed by atoms with van der Waals surface area (Å²) in [6.45, 7) is 14.3. The number of halogens is 1. The Hall–Kier alpha value is 0.747. The van der Waals surface area contributed by atoms with Crippen molar-refractivity contribution >= 4 is 19.0 Å². The first-order chi connectivity index (χ1) is 9.01. The lowest BCUT2D eigenvalue weighted by Crippen LogP contribution is -3.00. The molecule has 1 nitrogen and oxygen atoms in total. The second kappa shape index (κ2) is 6.33. The third-order valence-electron chi connectivity index (χ3n) is 6.18. The number of hydrogen-bond acceptors (Lipinski definition) is 1. The van der Waals surface area contributed by atoms with Crippen LogP contribution in [0.3, 0.4) is 0 Å². The number of aliphatic hydroxyl groups excluding tert-OH is 1. The summed E-state index contributed by atoms with van der Waals surface area (Å²) in [6.07, 6.45) is 7.22. The van der Waals surface area contributed by atoms with Crippen LogP contribution in [-0.2, 0) is 10.9 Å². The molecule has 0 aromatic rings. The van der Waals surface area contributed by atoms with E-state index in [1.165, 1.54) is 12.8 Å². The molecule has 0 aliphatic heterocycles. The lowest BCUT2D eigenvalue weighted by atomic mass is 9.70. The molecule has 0 aromatic carbocycles. The van der Waals surface area contributed by atoms with Gasteiger partial charge in [-0.25, -0.2) is 0 Å². The minimum Gasteiger partial charge on any atom is -1.00 e. The SMILES string of the molecule is C[S+](C/C=C/[Si](C)(C)C)[C@@H]1[C@H]2CC[C@@](C)([C@@H]1O)C2(C)C.[Br-]. The Morgan fingerprint density at radius 1 is 1.24 bits per heavy atom. The van der Waals surface area contributed by atoms with Crippen LogP contribution in [0.5, 0.6) is 0 Å². The van der Waals surface area contributed by atoms with Crippen molar-refractivity contribution in [3.05, 3.63) is 11.8 Å². The van der Waals surface area contributed by atoms with Gasteiger partial charge < -0.3 is 22.1 Å². The second-order valence-corrected chi connectivity index (χ2v) is 16.1. The van der Waals surface area contributed by atoms with Crippen molar-refractivity contribution < 1.29 is 22.1 Å². The molecule has 2 aliphatic carbocycles. The smallest absolute Gasteiger partial charge is 0.147 e. The predicted molar refractivity (Wildman–Crippen MR) is 95.0 cm³/mol. The van der Waals surface area contributed by atoms with E-state index in [2.05, 4.69) is 58.4 Å². The van der Waals surface area contributed by atoms with Crippen LogP contribution in [0, 0.1) is 16.7 Å². The van der Waals surface area contributed by atoms with E-state index >= 15 is 0 Å². The van der Waals surface area contributed by atoms with Crippen LogP contribution in [0.1, 0.15) is 33.6 Å². The van der Waals surface area contributed by atoms with Crippen LogP contribution in [0.2, 0.25) is 19.6 Å². The maximum Gasteiger partial charge on any atom is 0.147 e. The van der Waals surface area contributed by atoms with E-state index in [-0.39, 0.29) is 28.5 Å². The molecule has 0 saturated heterocycles. The van der Waals surface area contributed by atoms with E-state index in [9.17, 15) is 5.11 Å². The topological polar surface area (TPSA) is 20.2 Å². The van der Waals surface area contributed by atoms with Crippen LogP contribution in [0.15, 0.2) is 11.8 Å². The molecule has 0 spiro atoms. The fourth-order valence-corrected chi connectivity index (χ4v) is 7.81. The maximum atomic E-state index is 10.9. The van der Waals surface area contributed by atoms with Crippen molar-refractivity contribution in [2.75, 3.05) is 12.0 Å². The summed E-state index contributed by atoms with van der Waals surface area (Å²) in [5, 5.41) is 11.4. The van der Waals surface area contributed by atoms with E-state index < -0.39 is 8.07 Å². The average molecular weight is 394 g/mol. The predicted octanol–water partition coefficient (Wildman–Crippen LogP) is 0.858. The van der Waals surface area contributed by atoms with Gasteiger partial charge in [-0.3, -0.25) is 0 Å². The van der Waals surface area contributed by atoms with Crippen molar-refractivity contribution in [2.24, 2.45) is 16.7 Å². The van der Waals surface area contributed by atoms with Crippen LogP contribution >= 0.6 is 0 Å². The van der Waals surface area contributed by atoms with Crippen molar-refractivity contribution in [3.8, 4) is 0 Å². The Balaban J connectivity index is 0.00000220. The summed E-state index contributed by atoms with van der Waals surface area (Å²) in [7, 11) is -0.776. The van der Waals surface area contributed by atoms with Gasteiger partial charge in [-0.1, -0.05) is 46.1 Å². The summed E-state index contributed by atoms with van der Waals surface area (Å²) < 4.78 is 0. The summed E-state index contributed by atoms with van der Waals surface area (Å²) >= 11 is 0. The first kappa shape index (κ1) is 19.8. The molecule has 0 amide bonds. The summed E-state index contributed by atoms with van der Waals surface area (Å²) in [5.74, 6) is 1.88. The van der Waals surface area contributed by atoms with Gasteiger partial charge in [-0.05, 0) is 35.2 Å². The van der Waals surface area contributed by atoms with Crippen LogP contribution in [0.25, 0.3) is 0 Å². The zero-order valence-corrected chi connectivity index (χ0v) is 18.1. The largest absolute Gasteiger partial charge is 1.00 e. The Morgan fingerprint density at radius 2 is 1.81 bits per heavy atom. The Labute approximate surface area is 146 Å². The fraction of sp³-hybridized carbons (Fsp3) is 0.882. The minimum atomic E-state index is -1.08. The molecule has 2 saturated carbocycles. The van der Waals surface area contributed by atoms with E-state index in [0.29, 0.717) is 21.6 Å². The molecule has 0 aromatic heterocycles. The summed E-state index contributed by atoms with van der Waals surface area (Å²) in [4.78, 5) is 0. The molecule has 2 fully saturated rings. The molecule has 0 radical (unpaired) electrons. The first-order valence-corrected chi connectivity index (χ1v) is 13.4. The first-order valence-electron chi connectivity index (χ1n) is 7.98. The Morgan fingerprint density at radius 3 is 2.24 bits per heavy atom. The number of aliphatic hydroxyl groups is 1. The minimum absolute atomic E-state index is 0. The van der Waals surface area contributed by atoms with E-state index in [1.807, 2.05) is 0 Å². The van der Waals surface area contributed by atoms with Crippen molar-refractivity contribution in [1.82, 2.24) is 0 Å². The molecule has 4 heteroatoms. The normalized spacial score (nSPS) is 39.5. The molecule has 0 heterocycles. The molecule has 21 heavy (non-hydrogen) atoms. The monoisotopic (exact) mass is 392 g/mol. The van der Waals surface area contributed by atoms with Crippen molar-refractivity contribution in [1.29, 1.82) is 0 Å². The number of rotatable bonds is 4. The molecule has 2 bridgehead atoms. The van der Waals surface area contributed by atoms with Gasteiger partial charge >= 0.3 is 0 Å². The van der Waals surface area contributed by atoms with E-state index in [4.69, 9.17) is 0 Å². The van der Waals surface area contributed by atoms with Gasteiger partial charge in [0.1, 0.15) is 17.1 Å². The van der Waals surface area contributed by atoms with Gasteiger partial charge in [0.25, 0.3) is 0 Å². The maximum absolute atomic E-state index is 10.9. The fourth-order valence-electron chi connectivity index (χ4n) is 4.41. The molecular weight excluding hydrogens is 360 g/mol. The average Bonchev–Trinajstić information content (AvgIpc) is 2.59. The highest BCUT2D eigenvalue weighted by Gasteiger charge is 2.69. The van der Waals surface area contributed by atoms with Gasteiger partial charge in [0.15, 0.2) is 0 Å². The molecule has 1 unspecified atom stereocenters. The molecule has 2 aliphatic rings. The summed E-state index contributed by atoms with van der Waals surface area (Å²) in [5.41, 5.74) is 2.91. The quantitative estimate of drug-likeness (QED) is 0.555. The lowest BCUT2D eigenvalue weighted by Gasteiger charge is -2.36. The molecule has 5 atom stereocenters. The Kier molecular flexibility index (Phi) is 5.97. The number of hydrogen-bond donors (Lipinski definition) is 1. The molecule has 1 N–H and O–H groups in total. The van der Waals surface area contributed by atoms with Crippen LogP contribution in [0.4, 0.5) is 0 Å². The van der Waals surface area contributed by atoms with Crippen LogP contribution < -0.4 is 17.0 Å². The highest BCUT2D eigenvalue weighted by molar-refractivity contribution is 7.97. The van der Waals surface area contributed by atoms with Crippen molar-refractivity contribution in [3.63, 3.8) is 0 Å². The lowest BCUT2D eigenvalue weighted by molar-refractivity contribution is -0.0000145.